The first kappa shape index (κ1) is 31.9. The highest BCUT2D eigenvalue weighted by Crippen LogP contribution is 2.44. The van der Waals surface area contributed by atoms with Crippen LogP contribution in [0.4, 0.5) is 65.9 Å². The van der Waals surface area contributed by atoms with Gasteiger partial charge in [0.2, 0.25) is 6.30 Å². The Balaban J connectivity index is 3.22. The fraction of sp³-hybridized carbons (Fsp3) is 1.00. The molecule has 0 aliphatic carbocycles. The monoisotopic (exact) mass is 553 g/mol. The van der Waals surface area contributed by atoms with Gasteiger partial charge in [-0.3, -0.25) is 4.90 Å². The van der Waals surface area contributed by atoms with Crippen LogP contribution in [-0.4, -0.2) is 73.0 Å². The molecule has 6 atom stereocenters. The van der Waals surface area contributed by atoms with E-state index < -0.39 is 104 Å². The van der Waals surface area contributed by atoms with Crippen LogP contribution in [0, 0.1) is 11.8 Å². The summed E-state index contributed by atoms with van der Waals surface area (Å²) in [6, 6.07) is 0. The van der Waals surface area contributed by atoms with E-state index in [2.05, 4.69) is 4.74 Å². The SMILES string of the molecule is CCC(OC(C)C(F)(F)C(F)C(F)(F)F)C(F)(F)C(F)N1CC(C(F)(F)F)CCC(C(F)(F)F)C1. The van der Waals surface area contributed by atoms with Gasteiger partial charge in [-0.1, -0.05) is 6.92 Å². The third-order valence-corrected chi connectivity index (χ3v) is 5.67. The molecular formula is C18H22F15NO. The molecule has 2 nitrogen and oxygen atoms in total. The van der Waals surface area contributed by atoms with Crippen molar-refractivity contribution in [1.82, 2.24) is 4.90 Å². The van der Waals surface area contributed by atoms with Crippen LogP contribution >= 0.6 is 0 Å². The molecular weight excluding hydrogens is 531 g/mol. The number of alkyl halides is 15. The molecule has 0 aromatic heterocycles. The third kappa shape index (κ3) is 7.68. The molecule has 35 heavy (non-hydrogen) atoms. The van der Waals surface area contributed by atoms with Crippen LogP contribution in [0.15, 0.2) is 0 Å². The molecule has 1 saturated heterocycles. The van der Waals surface area contributed by atoms with E-state index in [1.807, 2.05) is 0 Å². The first-order valence-corrected chi connectivity index (χ1v) is 10.1. The van der Waals surface area contributed by atoms with Crippen molar-refractivity contribution in [3.63, 3.8) is 0 Å². The first-order chi connectivity index (χ1) is 15.5. The zero-order valence-electron chi connectivity index (χ0n) is 18.0. The quantitative estimate of drug-likeness (QED) is 0.235. The van der Waals surface area contributed by atoms with Crippen molar-refractivity contribution < 1.29 is 70.6 Å². The molecule has 0 spiro atoms. The number of nitrogens with zero attached hydrogens (tertiary/aromatic N) is 1. The Morgan fingerprint density at radius 1 is 0.743 bits per heavy atom. The van der Waals surface area contributed by atoms with Gasteiger partial charge in [0.05, 0.1) is 11.8 Å². The lowest BCUT2D eigenvalue weighted by molar-refractivity contribution is -0.294. The molecule has 210 valence electrons. The Morgan fingerprint density at radius 3 is 1.46 bits per heavy atom. The first-order valence-electron chi connectivity index (χ1n) is 10.1. The molecule has 1 heterocycles. The van der Waals surface area contributed by atoms with Crippen LogP contribution in [0.3, 0.4) is 0 Å². The lowest BCUT2D eigenvalue weighted by atomic mass is 9.97. The molecule has 1 fully saturated rings. The topological polar surface area (TPSA) is 12.5 Å². The Labute approximate surface area is 189 Å². The molecule has 0 N–H and O–H groups in total. The van der Waals surface area contributed by atoms with Gasteiger partial charge in [-0.05, 0) is 26.2 Å². The predicted octanol–water partition coefficient (Wildman–Crippen LogP) is 7.09. The maximum atomic E-state index is 14.8. The minimum Gasteiger partial charge on any atom is -0.362 e. The van der Waals surface area contributed by atoms with Gasteiger partial charge in [-0.2, -0.15) is 48.3 Å². The molecule has 0 bridgehead atoms. The molecule has 0 radical (unpaired) electrons. The Bertz CT molecular complexity index is 650. The fourth-order valence-electron chi connectivity index (χ4n) is 3.56. The summed E-state index contributed by atoms with van der Waals surface area (Å²) in [5, 5.41) is 0. The molecule has 0 aromatic rings. The van der Waals surface area contributed by atoms with E-state index >= 15 is 0 Å². The van der Waals surface area contributed by atoms with Crippen LogP contribution in [0.2, 0.25) is 0 Å². The summed E-state index contributed by atoms with van der Waals surface area (Å²) < 4.78 is 205. The molecule has 1 rings (SSSR count). The summed E-state index contributed by atoms with van der Waals surface area (Å²) in [5.74, 6) is -15.8. The zero-order valence-corrected chi connectivity index (χ0v) is 18.0. The van der Waals surface area contributed by atoms with Gasteiger partial charge in [0.25, 0.3) is 6.17 Å². The number of rotatable bonds is 8. The zero-order chi connectivity index (χ0) is 27.8. The van der Waals surface area contributed by atoms with E-state index in [-0.39, 0.29) is 6.92 Å². The van der Waals surface area contributed by atoms with E-state index in [1.165, 1.54) is 0 Å². The van der Waals surface area contributed by atoms with Crippen LogP contribution in [-0.2, 0) is 4.74 Å². The standard InChI is InChI=1S/C18H22F15NO/c1-3-11(35-8(2)14(21,22)12(19)18(31,32)33)15(23,24)13(20)34-6-9(16(25,26)27)4-5-10(7-34)17(28,29)30/h8-13H,3-7H2,1-2H3. The molecule has 6 unspecified atom stereocenters. The van der Waals surface area contributed by atoms with Gasteiger partial charge >= 0.3 is 30.4 Å². The molecule has 1 aliphatic rings. The van der Waals surface area contributed by atoms with Crippen LogP contribution in [0.1, 0.15) is 33.1 Å². The summed E-state index contributed by atoms with van der Waals surface area (Å²) in [4.78, 5) is -0.439. The van der Waals surface area contributed by atoms with Crippen LogP contribution in [0.5, 0.6) is 0 Å². The van der Waals surface area contributed by atoms with Crippen molar-refractivity contribution in [2.75, 3.05) is 13.1 Å². The largest absolute Gasteiger partial charge is 0.425 e. The summed E-state index contributed by atoms with van der Waals surface area (Å²) >= 11 is 0. The minimum absolute atomic E-state index is 0.0790. The van der Waals surface area contributed by atoms with E-state index in [0.29, 0.717) is 0 Å². The smallest absolute Gasteiger partial charge is 0.362 e. The lowest BCUT2D eigenvalue weighted by Crippen LogP contribution is -2.57. The van der Waals surface area contributed by atoms with Crippen molar-refractivity contribution >= 4 is 0 Å². The van der Waals surface area contributed by atoms with Gasteiger partial charge < -0.3 is 4.74 Å². The maximum Gasteiger partial charge on any atom is 0.425 e. The second-order valence-corrected chi connectivity index (χ2v) is 8.27. The highest BCUT2D eigenvalue weighted by atomic mass is 19.4. The predicted molar refractivity (Wildman–Crippen MR) is 90.3 cm³/mol. The van der Waals surface area contributed by atoms with E-state index in [0.717, 1.165) is 6.92 Å². The average molecular weight is 553 g/mol. The number of ether oxygens (including phenoxy) is 1. The van der Waals surface area contributed by atoms with Crippen molar-refractivity contribution in [1.29, 1.82) is 0 Å². The minimum atomic E-state index is -6.13. The van der Waals surface area contributed by atoms with Crippen molar-refractivity contribution in [2.45, 2.75) is 88.2 Å². The highest BCUT2D eigenvalue weighted by Gasteiger charge is 2.62. The molecule has 0 saturated carbocycles. The molecule has 17 heteroatoms. The van der Waals surface area contributed by atoms with Gasteiger partial charge in [0, 0.05) is 13.1 Å². The van der Waals surface area contributed by atoms with Crippen LogP contribution in [0.25, 0.3) is 0 Å². The Kier molecular flexibility index (Phi) is 9.75. The highest BCUT2D eigenvalue weighted by molar-refractivity contribution is 4.93. The average Bonchev–Trinajstić information content (AvgIpc) is 2.92. The second-order valence-electron chi connectivity index (χ2n) is 8.27. The second kappa shape index (κ2) is 10.7. The normalized spacial score (nSPS) is 25.6. The molecule has 0 amide bonds. The number of hydrogen-bond acceptors (Lipinski definition) is 2. The van der Waals surface area contributed by atoms with Crippen molar-refractivity contribution in [3.8, 4) is 0 Å². The van der Waals surface area contributed by atoms with Crippen molar-refractivity contribution in [2.24, 2.45) is 11.8 Å². The Morgan fingerprint density at radius 2 is 1.14 bits per heavy atom. The van der Waals surface area contributed by atoms with Gasteiger partial charge in [-0.15, -0.1) is 0 Å². The molecule has 1 aliphatic heterocycles. The fourth-order valence-corrected chi connectivity index (χ4v) is 3.56. The van der Waals surface area contributed by atoms with Gasteiger partial charge in [-0.25, -0.2) is 17.6 Å². The van der Waals surface area contributed by atoms with Crippen LogP contribution < -0.4 is 0 Å². The number of likely N-dealkylation sites (tertiary alicyclic amines) is 1. The Hall–Kier alpha value is -1.13. The molecule has 0 aromatic carbocycles. The number of halogens is 15. The summed E-state index contributed by atoms with van der Waals surface area (Å²) in [6.07, 6.45) is -35.0. The number of hydrogen-bond donors (Lipinski definition) is 0. The van der Waals surface area contributed by atoms with E-state index in [1.54, 1.807) is 0 Å². The van der Waals surface area contributed by atoms with Gasteiger partial charge in [0.1, 0.15) is 12.2 Å². The lowest BCUT2D eigenvalue weighted by Gasteiger charge is -2.38. The summed E-state index contributed by atoms with van der Waals surface area (Å²) in [5.41, 5.74) is 0. The van der Waals surface area contributed by atoms with E-state index in [9.17, 15) is 65.9 Å². The summed E-state index contributed by atoms with van der Waals surface area (Å²) in [6.45, 7) is -2.42. The summed E-state index contributed by atoms with van der Waals surface area (Å²) in [7, 11) is 0. The maximum absolute atomic E-state index is 14.8. The van der Waals surface area contributed by atoms with E-state index in [4.69, 9.17) is 0 Å². The van der Waals surface area contributed by atoms with Gasteiger partial charge in [0.15, 0.2) is 0 Å². The third-order valence-electron chi connectivity index (χ3n) is 5.67. The van der Waals surface area contributed by atoms with Crippen molar-refractivity contribution in [3.05, 3.63) is 0 Å².